The highest BCUT2D eigenvalue weighted by Crippen LogP contribution is 2.14. The number of hydrazine groups is 1. The molecule has 9 heavy (non-hydrogen) atoms. The van der Waals surface area contributed by atoms with E-state index in [1.165, 1.54) is 0 Å². The first-order valence-electron chi connectivity index (χ1n) is 2.02. The lowest BCUT2D eigenvalue weighted by Crippen LogP contribution is -2.25. The van der Waals surface area contributed by atoms with Gasteiger partial charge in [-0.3, -0.25) is 5.43 Å². The van der Waals surface area contributed by atoms with E-state index < -0.39 is 0 Å². The molecule has 6 heteroatoms. The summed E-state index contributed by atoms with van der Waals surface area (Å²) in [6, 6.07) is 0. The molecule has 0 radical (unpaired) electrons. The summed E-state index contributed by atoms with van der Waals surface area (Å²) in [5.41, 5.74) is 2.99. The summed E-state index contributed by atoms with van der Waals surface area (Å²) in [6.07, 6.45) is 1.97. The van der Waals surface area contributed by atoms with Crippen molar-refractivity contribution in [3.05, 3.63) is 9.78 Å². The molecule has 0 aromatic carbocycles. The highest BCUT2D eigenvalue weighted by Gasteiger charge is 2.04. The summed E-state index contributed by atoms with van der Waals surface area (Å²) in [5, 5.41) is 4.06. The normalized spacial score (nSPS) is 18.3. The molecule has 0 aromatic heterocycles. The van der Waals surface area contributed by atoms with Gasteiger partial charge in [0, 0.05) is 6.08 Å². The van der Waals surface area contributed by atoms with Gasteiger partial charge in [0.15, 0.2) is 0 Å². The van der Waals surface area contributed by atoms with E-state index >= 15 is 0 Å². The predicted molar refractivity (Wildman–Crippen MR) is 62.6 cm³/mol. The highest BCUT2D eigenvalue weighted by atomic mass is 127. The lowest BCUT2D eigenvalue weighted by atomic mass is 10.7. The van der Waals surface area contributed by atoms with Crippen LogP contribution < -0.4 is 5.43 Å². The van der Waals surface area contributed by atoms with Crippen LogP contribution in [0.1, 0.15) is 0 Å². The third-order valence-electron chi connectivity index (χ3n) is 0.628. The van der Waals surface area contributed by atoms with Crippen molar-refractivity contribution < 1.29 is 0 Å². The van der Waals surface area contributed by atoms with Gasteiger partial charge in [-0.05, 0) is 45.2 Å². The summed E-state index contributed by atoms with van der Waals surface area (Å²) >= 11 is 6.45. The first-order chi connectivity index (χ1) is 4.18. The fraction of sp³-hybridized carbons (Fsp3) is 0. The van der Waals surface area contributed by atoms with Crippen molar-refractivity contribution in [3.8, 4) is 0 Å². The van der Waals surface area contributed by atoms with Crippen LogP contribution in [0.25, 0.3) is 0 Å². The molecule has 0 aliphatic carbocycles. The zero-order valence-corrected chi connectivity index (χ0v) is 10.6. The largest absolute Gasteiger partial charge is 0.267 e. The van der Waals surface area contributed by atoms with Crippen LogP contribution >= 0.6 is 68.0 Å². The average molecular weight is 461 g/mol. The third-order valence-corrected chi connectivity index (χ3v) is 2.16. The van der Waals surface area contributed by atoms with Gasteiger partial charge < -0.3 is 0 Å². The molecule has 1 aliphatic heterocycles. The number of rotatable bonds is 0. The molecule has 1 rings (SSSR count). The second-order valence-electron chi connectivity index (χ2n) is 1.29. The van der Waals surface area contributed by atoms with E-state index in [4.69, 9.17) is 0 Å². The molecule has 0 bridgehead atoms. The maximum Gasteiger partial charge on any atom is 0.126 e. The van der Waals surface area contributed by atoms with Crippen LogP contribution in [0.3, 0.4) is 0 Å². The number of allylic oxidation sites excluding steroid dienone is 1. The molecule has 1 heterocycles. The molecule has 0 spiro atoms. The molecule has 1 aliphatic rings. The van der Waals surface area contributed by atoms with Crippen molar-refractivity contribution in [2.75, 3.05) is 0 Å². The maximum absolute atomic E-state index is 4.06. The second-order valence-corrected chi connectivity index (χ2v) is 4.47. The Balaban J connectivity index is 2.74. The monoisotopic (exact) mass is 461 g/mol. The minimum absolute atomic E-state index is 0.991. The van der Waals surface area contributed by atoms with Crippen molar-refractivity contribution in [1.82, 2.24) is 8.76 Å². The van der Waals surface area contributed by atoms with E-state index in [2.05, 4.69) is 78.6 Å². The van der Waals surface area contributed by atoms with Gasteiger partial charge in [-0.15, -0.1) is 8.43 Å². The smallest absolute Gasteiger partial charge is 0.126 e. The number of nitrogens with zero attached hydrogens (tertiary/aromatic N) is 2. The van der Waals surface area contributed by atoms with Crippen LogP contribution in [0.15, 0.2) is 14.9 Å². The average Bonchev–Trinajstić information content (AvgIpc) is 1.59. The zero-order chi connectivity index (χ0) is 6.85. The van der Waals surface area contributed by atoms with E-state index in [-0.39, 0.29) is 0 Å². The first kappa shape index (κ1) is 8.30. The van der Waals surface area contributed by atoms with Gasteiger partial charge in [0.2, 0.25) is 0 Å². The maximum atomic E-state index is 4.06. The molecule has 50 valence electrons. The Hall–Kier alpha value is 1.20. The lowest BCUT2D eigenvalue weighted by Gasteiger charge is -2.15. The fourth-order valence-corrected chi connectivity index (χ4v) is 3.38. The predicted octanol–water partition coefficient (Wildman–Crippen LogP) is 2.18. The molecular weight excluding hydrogens is 459 g/mol. The first-order valence-corrected chi connectivity index (χ1v) is 5.14. The van der Waals surface area contributed by atoms with Crippen molar-refractivity contribution in [3.63, 3.8) is 0 Å². The fourth-order valence-electron chi connectivity index (χ4n) is 0.363. The lowest BCUT2D eigenvalue weighted by molar-refractivity contribution is 0.468. The van der Waals surface area contributed by atoms with Gasteiger partial charge in [0.25, 0.3) is 0 Å². The highest BCUT2D eigenvalue weighted by molar-refractivity contribution is 14.1. The Morgan fingerprint density at radius 2 is 2.22 bits per heavy atom. The van der Waals surface area contributed by atoms with Gasteiger partial charge >= 0.3 is 0 Å². The number of nitrogens with one attached hydrogen (secondary N) is 1. The van der Waals surface area contributed by atoms with Crippen LogP contribution in [-0.2, 0) is 0 Å². The Labute approximate surface area is 94.1 Å². The Kier molecular flexibility index (Phi) is 3.27. The van der Waals surface area contributed by atoms with Gasteiger partial charge in [0.05, 0.1) is 3.70 Å². The van der Waals surface area contributed by atoms with Crippen molar-refractivity contribution in [2.24, 2.45) is 5.10 Å². The van der Waals surface area contributed by atoms with Gasteiger partial charge in [-0.2, -0.15) is 0 Å². The minimum atomic E-state index is 0.991. The van der Waals surface area contributed by atoms with Crippen LogP contribution in [0.4, 0.5) is 0 Å². The van der Waals surface area contributed by atoms with E-state index in [0.717, 1.165) is 7.42 Å². The molecule has 0 aromatic rings. The molecule has 0 unspecified atom stereocenters. The minimum Gasteiger partial charge on any atom is -0.267 e. The third kappa shape index (κ3) is 2.74. The Bertz CT molecular complexity index is 175. The van der Waals surface area contributed by atoms with Crippen LogP contribution in [0.5, 0.6) is 0 Å². The molecule has 0 atom stereocenters. The molecule has 0 saturated heterocycles. The number of hydrogen-bond acceptors (Lipinski definition) is 3. The number of hydrogen-bond donors (Lipinski definition) is 1. The quantitative estimate of drug-likeness (QED) is 0.341. The zero-order valence-electron chi connectivity index (χ0n) is 4.11. The summed E-state index contributed by atoms with van der Waals surface area (Å²) in [5.74, 6) is 0. The molecule has 0 amide bonds. The van der Waals surface area contributed by atoms with Crippen LogP contribution in [0, 0.1) is 0 Å². The second kappa shape index (κ2) is 3.55. The Morgan fingerprint density at radius 3 is 2.67 bits per heavy atom. The molecule has 1 N–H and O–H groups in total. The van der Waals surface area contributed by atoms with E-state index in [9.17, 15) is 0 Å². The van der Waals surface area contributed by atoms with Crippen molar-refractivity contribution in [1.29, 1.82) is 0 Å². The van der Waals surface area contributed by atoms with Crippen LogP contribution in [-0.4, -0.2) is 7.05 Å². The summed E-state index contributed by atoms with van der Waals surface area (Å²) in [4.78, 5) is 0. The molecule has 0 saturated carbocycles. The topological polar surface area (TPSA) is 27.6 Å². The number of halogens is 3. The van der Waals surface area contributed by atoms with Gasteiger partial charge in [0.1, 0.15) is 26.6 Å². The van der Waals surface area contributed by atoms with Crippen molar-refractivity contribution in [2.45, 2.75) is 0 Å². The van der Waals surface area contributed by atoms with Gasteiger partial charge in [-0.1, -0.05) is 0 Å². The number of hydrazone groups is 1. The SMILES string of the molecule is IC1=CC(I)=NN(I)N1. The molecule has 0 fully saturated rings. The summed E-state index contributed by atoms with van der Waals surface area (Å²) in [7, 11) is 0. The molecular formula is C3H2I3N3. The Morgan fingerprint density at radius 1 is 1.56 bits per heavy atom. The summed E-state index contributed by atoms with van der Waals surface area (Å²) in [6.45, 7) is 0. The van der Waals surface area contributed by atoms with E-state index in [1.54, 1.807) is 3.33 Å². The van der Waals surface area contributed by atoms with Crippen molar-refractivity contribution >= 4 is 71.8 Å². The molecule has 3 nitrogen and oxygen atoms in total. The standard InChI is InChI=1S/C3H2I3N3/c4-2-1-3(5)8-9(6)7-2/h1,7H. The van der Waals surface area contributed by atoms with Gasteiger partial charge in [-0.25, -0.2) is 0 Å². The summed E-state index contributed by atoms with van der Waals surface area (Å²) < 4.78 is 3.73. The van der Waals surface area contributed by atoms with E-state index in [0.29, 0.717) is 0 Å². The van der Waals surface area contributed by atoms with Crippen LogP contribution in [0.2, 0.25) is 0 Å². The van der Waals surface area contributed by atoms with E-state index in [1.807, 2.05) is 6.08 Å².